The zero-order chi connectivity index (χ0) is 13.1. The summed E-state index contributed by atoms with van der Waals surface area (Å²) in [6, 6.07) is 9.05. The van der Waals surface area contributed by atoms with Crippen LogP contribution in [0.3, 0.4) is 0 Å². The molecule has 17 heavy (non-hydrogen) atoms. The first kappa shape index (κ1) is 16.2. The number of aryl methyl sites for hydroxylation is 1. The Morgan fingerprint density at radius 2 is 1.24 bits per heavy atom. The van der Waals surface area contributed by atoms with E-state index in [2.05, 4.69) is 58.9 Å². The van der Waals surface area contributed by atoms with Crippen LogP contribution in [0.2, 0.25) is 0 Å². The maximum Gasteiger partial charge on any atom is -0.0162 e. The molecule has 0 aliphatic rings. The van der Waals surface area contributed by atoms with E-state index in [1.807, 2.05) is 0 Å². The number of hydrogen-bond acceptors (Lipinski definition) is 0. The lowest BCUT2D eigenvalue weighted by molar-refractivity contribution is 0.561. The van der Waals surface area contributed by atoms with Crippen LogP contribution in [-0.2, 0) is 0 Å². The maximum absolute atomic E-state index is 2.30. The van der Waals surface area contributed by atoms with Crippen molar-refractivity contribution >= 4 is 0 Å². The molecule has 1 rings (SSSR count). The summed E-state index contributed by atoms with van der Waals surface area (Å²) >= 11 is 0. The minimum atomic E-state index is 0.783. The third-order valence-electron chi connectivity index (χ3n) is 2.82. The van der Waals surface area contributed by atoms with Gasteiger partial charge in [-0.05, 0) is 31.2 Å². The second-order valence-corrected chi connectivity index (χ2v) is 4.89. The van der Waals surface area contributed by atoms with Crippen LogP contribution in [-0.4, -0.2) is 0 Å². The summed E-state index contributed by atoms with van der Waals surface area (Å²) in [6.07, 6.45) is 6.49. The molecule has 0 spiro atoms. The average molecular weight is 234 g/mol. The van der Waals surface area contributed by atoms with Crippen LogP contribution >= 0.6 is 0 Å². The van der Waals surface area contributed by atoms with E-state index in [0.29, 0.717) is 0 Å². The minimum absolute atomic E-state index is 0.783. The van der Waals surface area contributed by atoms with Gasteiger partial charge >= 0.3 is 0 Å². The van der Waals surface area contributed by atoms with Crippen molar-refractivity contribution in [2.75, 3.05) is 0 Å². The summed E-state index contributed by atoms with van der Waals surface area (Å²) in [6.45, 7) is 11.0. The summed E-state index contributed by atoms with van der Waals surface area (Å²) in [4.78, 5) is 0. The molecular formula is C17H30. The van der Waals surface area contributed by atoms with Crippen LogP contribution in [0.5, 0.6) is 0 Å². The van der Waals surface area contributed by atoms with E-state index in [0.717, 1.165) is 5.92 Å². The molecule has 0 saturated carbocycles. The highest BCUT2D eigenvalue weighted by molar-refractivity contribution is 5.24. The Kier molecular flexibility index (Phi) is 9.90. The van der Waals surface area contributed by atoms with E-state index in [1.54, 1.807) is 0 Å². The molecule has 0 unspecified atom stereocenters. The summed E-state index contributed by atoms with van der Waals surface area (Å²) in [5.74, 6) is 0.783. The quantitative estimate of drug-likeness (QED) is 0.578. The molecule has 0 aliphatic carbocycles. The molecule has 0 heterocycles. The molecule has 0 bridgehead atoms. The minimum Gasteiger partial charge on any atom is -0.0656 e. The predicted molar refractivity (Wildman–Crippen MR) is 79.7 cm³/mol. The van der Waals surface area contributed by atoms with Crippen LogP contribution in [0.25, 0.3) is 0 Å². The Labute approximate surface area is 108 Å². The first-order valence-electron chi connectivity index (χ1n) is 7.25. The van der Waals surface area contributed by atoms with Gasteiger partial charge in [0.05, 0.1) is 0 Å². The average Bonchev–Trinajstić information content (AvgIpc) is 2.31. The smallest absolute Gasteiger partial charge is 0.0162 e. The topological polar surface area (TPSA) is 0 Å². The first-order valence-corrected chi connectivity index (χ1v) is 7.25. The number of rotatable bonds is 5. The van der Waals surface area contributed by atoms with Gasteiger partial charge in [0.1, 0.15) is 0 Å². The molecule has 0 nitrogen and oxygen atoms in total. The summed E-state index contributed by atoms with van der Waals surface area (Å²) in [5, 5.41) is 0. The van der Waals surface area contributed by atoms with Gasteiger partial charge in [0.15, 0.2) is 0 Å². The van der Waals surface area contributed by atoms with Crippen LogP contribution in [0.4, 0.5) is 0 Å². The second-order valence-electron chi connectivity index (χ2n) is 4.89. The Hall–Kier alpha value is -0.780. The highest BCUT2D eigenvalue weighted by Crippen LogP contribution is 2.26. The lowest BCUT2D eigenvalue weighted by atomic mass is 9.90. The Balaban J connectivity index is 0.000000770. The molecule has 0 atom stereocenters. The van der Waals surface area contributed by atoms with E-state index < -0.39 is 0 Å². The van der Waals surface area contributed by atoms with Crippen molar-refractivity contribution in [1.82, 2.24) is 0 Å². The molecule has 0 heteroatoms. The van der Waals surface area contributed by atoms with E-state index in [-0.39, 0.29) is 0 Å². The highest BCUT2D eigenvalue weighted by Gasteiger charge is 2.08. The van der Waals surface area contributed by atoms with Crippen molar-refractivity contribution in [3.05, 3.63) is 35.4 Å². The second kappa shape index (κ2) is 10.4. The lowest BCUT2D eigenvalue weighted by Crippen LogP contribution is -1.97. The van der Waals surface area contributed by atoms with E-state index in [4.69, 9.17) is 0 Å². The Morgan fingerprint density at radius 3 is 1.59 bits per heavy atom. The Morgan fingerprint density at radius 1 is 0.824 bits per heavy atom. The van der Waals surface area contributed by atoms with Crippen LogP contribution < -0.4 is 0 Å². The number of hydrogen-bond donors (Lipinski definition) is 0. The van der Waals surface area contributed by atoms with Gasteiger partial charge < -0.3 is 0 Å². The SMILES string of the molecule is CCC.CCCC(CCC)c1ccc(C)cc1. The predicted octanol–water partition coefficient (Wildman–Crippen LogP) is 6.10. The highest BCUT2D eigenvalue weighted by atomic mass is 14.1. The molecular weight excluding hydrogens is 204 g/mol. The largest absolute Gasteiger partial charge is 0.0656 e. The third kappa shape index (κ3) is 7.20. The molecule has 0 N–H and O–H groups in total. The molecule has 0 aliphatic heterocycles. The van der Waals surface area contributed by atoms with Crippen LogP contribution in [0.1, 0.15) is 76.8 Å². The summed E-state index contributed by atoms with van der Waals surface area (Å²) in [7, 11) is 0. The lowest BCUT2D eigenvalue weighted by Gasteiger charge is -2.15. The maximum atomic E-state index is 2.30. The summed E-state index contributed by atoms with van der Waals surface area (Å²) < 4.78 is 0. The molecule has 0 amide bonds. The fourth-order valence-corrected chi connectivity index (χ4v) is 2.01. The standard InChI is InChI=1S/C14H22.C3H8/c1-4-6-13(7-5-2)14-10-8-12(3)9-11-14;1-3-2/h8-11,13H,4-7H2,1-3H3;3H2,1-2H3. The fourth-order valence-electron chi connectivity index (χ4n) is 2.01. The van der Waals surface area contributed by atoms with E-state index in [1.165, 1.54) is 43.2 Å². The molecule has 1 aromatic rings. The van der Waals surface area contributed by atoms with Crippen molar-refractivity contribution in [2.24, 2.45) is 0 Å². The monoisotopic (exact) mass is 234 g/mol. The molecule has 98 valence electrons. The zero-order valence-electron chi connectivity index (χ0n) is 12.4. The van der Waals surface area contributed by atoms with Gasteiger partial charge in [-0.25, -0.2) is 0 Å². The molecule has 0 fully saturated rings. The van der Waals surface area contributed by atoms with Crippen molar-refractivity contribution < 1.29 is 0 Å². The zero-order valence-corrected chi connectivity index (χ0v) is 12.4. The van der Waals surface area contributed by atoms with Crippen LogP contribution in [0, 0.1) is 6.92 Å². The molecule has 0 aromatic heterocycles. The molecule has 0 saturated heterocycles. The van der Waals surface area contributed by atoms with Gasteiger partial charge in [0, 0.05) is 0 Å². The van der Waals surface area contributed by atoms with Gasteiger partial charge in [-0.2, -0.15) is 0 Å². The van der Waals surface area contributed by atoms with Crippen molar-refractivity contribution in [3.63, 3.8) is 0 Å². The van der Waals surface area contributed by atoms with Gasteiger partial charge in [0.2, 0.25) is 0 Å². The van der Waals surface area contributed by atoms with E-state index >= 15 is 0 Å². The van der Waals surface area contributed by atoms with E-state index in [9.17, 15) is 0 Å². The van der Waals surface area contributed by atoms with Crippen molar-refractivity contribution in [3.8, 4) is 0 Å². The van der Waals surface area contributed by atoms with Gasteiger partial charge in [-0.15, -0.1) is 0 Å². The third-order valence-corrected chi connectivity index (χ3v) is 2.82. The first-order chi connectivity index (χ1) is 8.19. The fraction of sp³-hybridized carbons (Fsp3) is 0.647. The number of benzene rings is 1. The van der Waals surface area contributed by atoms with Gasteiger partial charge in [0.25, 0.3) is 0 Å². The normalized spacial score (nSPS) is 10.0. The Bertz CT molecular complexity index is 252. The van der Waals surface area contributed by atoms with Gasteiger partial charge in [-0.1, -0.05) is 76.8 Å². The van der Waals surface area contributed by atoms with Crippen LogP contribution in [0.15, 0.2) is 24.3 Å². The summed E-state index contributed by atoms with van der Waals surface area (Å²) in [5.41, 5.74) is 2.89. The van der Waals surface area contributed by atoms with Crippen molar-refractivity contribution in [2.45, 2.75) is 72.6 Å². The van der Waals surface area contributed by atoms with Crippen molar-refractivity contribution in [1.29, 1.82) is 0 Å². The molecule has 1 aromatic carbocycles. The molecule has 0 radical (unpaired) electrons. The van der Waals surface area contributed by atoms with Gasteiger partial charge in [-0.3, -0.25) is 0 Å².